The molecule has 9 nitrogen and oxygen atoms in total. The Hall–Kier alpha value is -5.65. The fourth-order valence-electron chi connectivity index (χ4n) is 6.66. The van der Waals surface area contributed by atoms with E-state index in [9.17, 15) is 32.3 Å². The average Bonchev–Trinajstić information content (AvgIpc) is 3.14. The Kier molecular flexibility index (Phi) is 12.5. The third-order valence-electron chi connectivity index (χ3n) is 9.23. The highest BCUT2D eigenvalue weighted by Gasteiger charge is 2.36. The zero-order valence-electron chi connectivity index (χ0n) is 30.6. The van der Waals surface area contributed by atoms with Gasteiger partial charge in [0, 0.05) is 30.0 Å². The number of halogens is 3. The summed E-state index contributed by atoms with van der Waals surface area (Å²) in [5.74, 6) is -2.78. The van der Waals surface area contributed by atoms with Gasteiger partial charge >= 0.3 is 18.1 Å². The lowest BCUT2D eigenvalue weighted by Crippen LogP contribution is -2.47. The number of methoxy groups -OCH3 is 1. The van der Waals surface area contributed by atoms with Crippen molar-refractivity contribution in [2.24, 2.45) is 5.92 Å². The zero-order valence-corrected chi connectivity index (χ0v) is 30.6. The topological polar surface area (TPSA) is 114 Å². The lowest BCUT2D eigenvalue weighted by atomic mass is 9.79. The van der Waals surface area contributed by atoms with E-state index in [1.165, 1.54) is 19.2 Å². The number of piperidine rings is 1. The van der Waals surface area contributed by atoms with Crippen LogP contribution in [0.2, 0.25) is 0 Å². The number of benzene rings is 4. The molecule has 0 bridgehead atoms. The SMILES string of the molecule is COC(=O)C(CC(=O)OC(C)(C)C)NC(=O)C(c1ccccc1)C1CCN(c2ccc(NC(=O)c3ccccc3-c3ccc(C(F)(F)F)cc3)cc2)CC1. The first-order chi connectivity index (χ1) is 25.6. The predicted octanol–water partition coefficient (Wildman–Crippen LogP) is 8.01. The Labute approximate surface area is 312 Å². The van der Waals surface area contributed by atoms with E-state index in [1.54, 1.807) is 57.2 Å². The third-order valence-corrected chi connectivity index (χ3v) is 9.23. The summed E-state index contributed by atoms with van der Waals surface area (Å²) < 4.78 is 49.6. The second-order valence-electron chi connectivity index (χ2n) is 14.2. The van der Waals surface area contributed by atoms with Gasteiger partial charge in [0.1, 0.15) is 11.6 Å². The van der Waals surface area contributed by atoms with Crippen molar-refractivity contribution >= 4 is 35.1 Å². The molecular formula is C42H44F3N3O6. The maximum atomic E-state index is 13.9. The minimum absolute atomic E-state index is 0.0632. The van der Waals surface area contributed by atoms with Crippen LogP contribution in [0.5, 0.6) is 0 Å². The van der Waals surface area contributed by atoms with E-state index in [-0.39, 0.29) is 18.2 Å². The van der Waals surface area contributed by atoms with E-state index in [4.69, 9.17) is 9.47 Å². The number of carbonyl (C=O) groups is 4. The number of rotatable bonds is 11. The molecule has 4 aromatic rings. The molecule has 2 unspecified atom stereocenters. The van der Waals surface area contributed by atoms with E-state index in [0.29, 0.717) is 48.3 Å². The first-order valence-electron chi connectivity index (χ1n) is 17.7. The van der Waals surface area contributed by atoms with E-state index in [2.05, 4.69) is 15.5 Å². The first kappa shape index (κ1) is 39.6. The van der Waals surface area contributed by atoms with E-state index >= 15 is 0 Å². The molecule has 1 fully saturated rings. The quantitative estimate of drug-likeness (QED) is 0.150. The zero-order chi connectivity index (χ0) is 39.0. The number of hydrogen-bond donors (Lipinski definition) is 2. The highest BCUT2D eigenvalue weighted by Crippen LogP contribution is 2.36. The molecule has 1 heterocycles. The number of hydrogen-bond acceptors (Lipinski definition) is 7. The number of anilines is 2. The van der Waals surface area contributed by atoms with Crippen LogP contribution in [-0.2, 0) is 30.0 Å². The summed E-state index contributed by atoms with van der Waals surface area (Å²) in [5, 5.41) is 5.67. The molecule has 1 saturated heterocycles. The fourth-order valence-corrected chi connectivity index (χ4v) is 6.66. The van der Waals surface area contributed by atoms with Gasteiger partial charge in [0.15, 0.2) is 0 Å². The maximum Gasteiger partial charge on any atom is 0.416 e. The summed E-state index contributed by atoms with van der Waals surface area (Å²) in [6, 6.07) is 27.0. The van der Waals surface area contributed by atoms with Crippen LogP contribution in [-0.4, -0.2) is 55.6 Å². The van der Waals surface area contributed by atoms with Crippen LogP contribution in [0.25, 0.3) is 11.1 Å². The first-order valence-corrected chi connectivity index (χ1v) is 17.7. The highest BCUT2D eigenvalue weighted by molar-refractivity contribution is 6.08. The summed E-state index contributed by atoms with van der Waals surface area (Å²) >= 11 is 0. The molecule has 0 saturated carbocycles. The molecule has 0 spiro atoms. The van der Waals surface area contributed by atoms with Crippen molar-refractivity contribution in [3.8, 4) is 11.1 Å². The summed E-state index contributed by atoms with van der Waals surface area (Å²) in [5.41, 5.74) is 2.08. The molecular weight excluding hydrogens is 699 g/mol. The second kappa shape index (κ2) is 17.0. The van der Waals surface area contributed by atoms with Gasteiger partial charge in [-0.15, -0.1) is 0 Å². The van der Waals surface area contributed by atoms with E-state index < -0.39 is 47.1 Å². The minimum Gasteiger partial charge on any atom is -0.467 e. The third kappa shape index (κ3) is 10.3. The van der Waals surface area contributed by atoms with Crippen LogP contribution >= 0.6 is 0 Å². The lowest BCUT2D eigenvalue weighted by Gasteiger charge is -2.37. The van der Waals surface area contributed by atoms with Crippen LogP contribution in [0.3, 0.4) is 0 Å². The van der Waals surface area contributed by atoms with Gasteiger partial charge in [0.2, 0.25) is 5.91 Å². The number of nitrogens with zero attached hydrogens (tertiary/aromatic N) is 1. The molecule has 0 aliphatic carbocycles. The number of carbonyl (C=O) groups excluding carboxylic acids is 4. The Bertz CT molecular complexity index is 1920. The standard InChI is InChI=1S/C42H44F3N3O6/c1-41(2,3)54-36(49)26-35(40(52)53-4)47-39(51)37(28-10-6-5-7-11-28)29-22-24-48(25-23-29)32-20-18-31(19-21-32)46-38(50)34-13-9-8-12-33(34)27-14-16-30(17-15-27)42(43,44)45/h5-21,29,35,37H,22-26H2,1-4H3,(H,46,50)(H,47,51). The molecule has 2 N–H and O–H groups in total. The van der Waals surface area contributed by atoms with Crippen molar-refractivity contribution in [1.29, 1.82) is 0 Å². The van der Waals surface area contributed by atoms with Crippen LogP contribution < -0.4 is 15.5 Å². The highest BCUT2D eigenvalue weighted by atomic mass is 19.4. The minimum atomic E-state index is -4.46. The molecule has 0 aromatic heterocycles. The molecule has 0 radical (unpaired) electrons. The second-order valence-corrected chi connectivity index (χ2v) is 14.2. The lowest BCUT2D eigenvalue weighted by molar-refractivity contribution is -0.159. The molecule has 54 heavy (non-hydrogen) atoms. The van der Waals surface area contributed by atoms with Gasteiger partial charge in [-0.25, -0.2) is 4.79 Å². The molecule has 2 atom stereocenters. The van der Waals surface area contributed by atoms with Crippen molar-refractivity contribution in [2.75, 3.05) is 30.4 Å². The van der Waals surface area contributed by atoms with E-state index in [0.717, 1.165) is 23.4 Å². The van der Waals surface area contributed by atoms with Crippen molar-refractivity contribution < 1.29 is 41.8 Å². The van der Waals surface area contributed by atoms with Crippen LogP contribution in [0, 0.1) is 5.92 Å². The van der Waals surface area contributed by atoms with Crippen LogP contribution in [0.4, 0.5) is 24.5 Å². The monoisotopic (exact) mass is 743 g/mol. The average molecular weight is 744 g/mol. The van der Waals surface area contributed by atoms with Crippen LogP contribution in [0.1, 0.15) is 67.4 Å². The summed E-state index contributed by atoms with van der Waals surface area (Å²) in [7, 11) is 1.20. The Morgan fingerprint density at radius 2 is 1.43 bits per heavy atom. The van der Waals surface area contributed by atoms with Gasteiger partial charge in [-0.1, -0.05) is 60.7 Å². The molecule has 4 aromatic carbocycles. The van der Waals surface area contributed by atoms with Crippen molar-refractivity contribution in [1.82, 2.24) is 5.32 Å². The summed E-state index contributed by atoms with van der Waals surface area (Å²) in [4.78, 5) is 54.7. The molecule has 1 aliphatic heterocycles. The predicted molar refractivity (Wildman–Crippen MR) is 200 cm³/mol. The van der Waals surface area contributed by atoms with E-state index in [1.807, 2.05) is 42.5 Å². The van der Waals surface area contributed by atoms with Gasteiger partial charge < -0.3 is 25.0 Å². The van der Waals surface area contributed by atoms with Gasteiger partial charge in [0.05, 0.1) is 25.0 Å². The van der Waals surface area contributed by atoms with Crippen molar-refractivity contribution in [2.45, 2.75) is 63.8 Å². The van der Waals surface area contributed by atoms with Crippen LogP contribution in [0.15, 0.2) is 103 Å². The number of esters is 2. The Morgan fingerprint density at radius 3 is 2.02 bits per heavy atom. The maximum absolute atomic E-state index is 13.9. The molecule has 2 amide bonds. The van der Waals surface area contributed by atoms with Gasteiger partial charge in [0.25, 0.3) is 5.91 Å². The number of ether oxygens (including phenoxy) is 2. The van der Waals surface area contributed by atoms with Crippen molar-refractivity contribution in [3.05, 3.63) is 120 Å². The molecule has 284 valence electrons. The van der Waals surface area contributed by atoms with Crippen molar-refractivity contribution in [3.63, 3.8) is 0 Å². The largest absolute Gasteiger partial charge is 0.467 e. The number of alkyl halides is 3. The normalized spacial score (nSPS) is 14.8. The number of amides is 2. The Morgan fingerprint density at radius 1 is 0.815 bits per heavy atom. The number of nitrogens with one attached hydrogen (secondary N) is 2. The molecule has 12 heteroatoms. The molecule has 5 rings (SSSR count). The summed E-state index contributed by atoms with van der Waals surface area (Å²) in [6.07, 6.45) is -3.48. The summed E-state index contributed by atoms with van der Waals surface area (Å²) in [6.45, 7) is 6.45. The smallest absolute Gasteiger partial charge is 0.416 e. The van der Waals surface area contributed by atoms with Gasteiger partial charge in [-0.05, 0) is 98.7 Å². The Balaban J connectivity index is 1.24. The van der Waals surface area contributed by atoms with Gasteiger partial charge in [-0.3, -0.25) is 14.4 Å². The fraction of sp³-hybridized carbons (Fsp3) is 0.333. The molecule has 1 aliphatic rings. The van der Waals surface area contributed by atoms with Gasteiger partial charge in [-0.2, -0.15) is 13.2 Å².